The van der Waals surface area contributed by atoms with Crippen LogP contribution in [0.1, 0.15) is 31.4 Å². The summed E-state index contributed by atoms with van der Waals surface area (Å²) in [4.78, 5) is 13.2. The van der Waals surface area contributed by atoms with Gasteiger partial charge in [0.1, 0.15) is 0 Å². The highest BCUT2D eigenvalue weighted by atomic mass is 35.5. The fraction of sp³-hybridized carbons (Fsp3) is 0.318. The average Bonchev–Trinajstić information content (AvgIpc) is 2.66. The molecule has 2 aromatic carbocycles. The van der Waals surface area contributed by atoms with E-state index >= 15 is 0 Å². The van der Waals surface area contributed by atoms with Crippen LogP contribution in [-0.2, 0) is 14.6 Å². The molecule has 162 valence electrons. The van der Waals surface area contributed by atoms with Gasteiger partial charge in [0.2, 0.25) is 5.91 Å². The van der Waals surface area contributed by atoms with Gasteiger partial charge in [-0.2, -0.15) is 12.6 Å². The fourth-order valence-electron chi connectivity index (χ4n) is 2.87. The minimum absolute atomic E-state index is 0.130. The first-order chi connectivity index (χ1) is 13.9. The summed E-state index contributed by atoms with van der Waals surface area (Å²) in [5.74, 6) is -0.316. The van der Waals surface area contributed by atoms with Gasteiger partial charge in [-0.1, -0.05) is 35.9 Å². The van der Waals surface area contributed by atoms with Crippen molar-refractivity contribution < 1.29 is 18.3 Å². The molecule has 2 aromatic rings. The van der Waals surface area contributed by atoms with E-state index in [-0.39, 0.29) is 23.8 Å². The van der Waals surface area contributed by atoms with E-state index in [1.54, 1.807) is 36.4 Å². The number of thiol groups is 1. The molecule has 0 spiro atoms. The predicted octanol–water partition coefficient (Wildman–Crippen LogP) is 3.75. The van der Waals surface area contributed by atoms with E-state index in [0.717, 1.165) is 11.8 Å². The van der Waals surface area contributed by atoms with E-state index in [0.29, 0.717) is 28.3 Å². The van der Waals surface area contributed by atoms with Crippen LogP contribution in [0.3, 0.4) is 0 Å². The molecule has 0 saturated carbocycles. The van der Waals surface area contributed by atoms with Crippen LogP contribution in [0.25, 0.3) is 5.57 Å². The number of benzene rings is 2. The number of carbonyl (C=O) groups is 1. The molecular weight excluding hydrogens is 442 g/mol. The topological polar surface area (TPSA) is 83.5 Å². The summed E-state index contributed by atoms with van der Waals surface area (Å²) in [6.07, 6.45) is 1.27. The Morgan fingerprint density at radius 3 is 2.00 bits per heavy atom. The summed E-state index contributed by atoms with van der Waals surface area (Å²) in [7, 11) is -3.35. The number of carbonyl (C=O) groups excluding carboxylic acids is 1. The van der Waals surface area contributed by atoms with Gasteiger partial charge < -0.3 is 10.4 Å². The summed E-state index contributed by atoms with van der Waals surface area (Å²) in [5.41, 5.74) is 2.39. The Balaban J connectivity index is 2.64. The first kappa shape index (κ1) is 24.5. The molecule has 8 heteroatoms. The van der Waals surface area contributed by atoms with E-state index in [4.69, 9.17) is 11.6 Å². The normalized spacial score (nSPS) is 13.0. The van der Waals surface area contributed by atoms with Crippen molar-refractivity contribution in [2.24, 2.45) is 0 Å². The molecule has 0 unspecified atom stereocenters. The van der Waals surface area contributed by atoms with E-state index < -0.39 is 14.6 Å². The maximum absolute atomic E-state index is 13.0. The SMILES string of the molecule is CC(C)(S)CNC(=O)/C(CCO)=C(/c1ccc(Cl)cc1)c1ccc(S(C)(=O)=O)cc1. The molecule has 2 rings (SSSR count). The first-order valence-corrected chi connectivity index (χ1v) is 12.0. The van der Waals surface area contributed by atoms with Crippen molar-refractivity contribution in [1.82, 2.24) is 5.32 Å². The minimum Gasteiger partial charge on any atom is -0.396 e. The van der Waals surface area contributed by atoms with Crippen LogP contribution >= 0.6 is 24.2 Å². The van der Waals surface area contributed by atoms with Crippen LogP contribution < -0.4 is 5.32 Å². The molecule has 0 aliphatic rings. The van der Waals surface area contributed by atoms with Gasteiger partial charge in [-0.25, -0.2) is 8.42 Å². The summed E-state index contributed by atoms with van der Waals surface area (Å²) in [6, 6.07) is 13.3. The lowest BCUT2D eigenvalue weighted by molar-refractivity contribution is -0.117. The summed E-state index contributed by atoms with van der Waals surface area (Å²) in [5, 5.41) is 13.0. The third-order valence-corrected chi connectivity index (χ3v) is 5.86. The van der Waals surface area contributed by atoms with Crippen LogP contribution in [0, 0.1) is 0 Å². The van der Waals surface area contributed by atoms with Crippen LogP contribution in [0.5, 0.6) is 0 Å². The molecular formula is C22H26ClNO4S2. The summed E-state index contributed by atoms with van der Waals surface area (Å²) >= 11 is 10.5. The van der Waals surface area contributed by atoms with Gasteiger partial charge in [-0.05, 0) is 54.8 Å². The van der Waals surface area contributed by atoms with Crippen molar-refractivity contribution in [3.05, 3.63) is 70.3 Å². The number of halogens is 1. The molecule has 0 radical (unpaired) electrons. The van der Waals surface area contributed by atoms with Crippen LogP contribution in [0.4, 0.5) is 0 Å². The molecule has 0 aromatic heterocycles. The molecule has 1 amide bonds. The Labute approximate surface area is 188 Å². The number of rotatable bonds is 8. The molecule has 0 bridgehead atoms. The monoisotopic (exact) mass is 467 g/mol. The van der Waals surface area contributed by atoms with Gasteiger partial charge in [-0.15, -0.1) is 0 Å². The highest BCUT2D eigenvalue weighted by Crippen LogP contribution is 2.30. The third kappa shape index (κ3) is 6.87. The molecule has 2 N–H and O–H groups in total. The number of sulfone groups is 1. The lowest BCUT2D eigenvalue weighted by Crippen LogP contribution is -2.36. The lowest BCUT2D eigenvalue weighted by atomic mass is 9.91. The van der Waals surface area contributed by atoms with Crippen molar-refractivity contribution in [2.75, 3.05) is 19.4 Å². The van der Waals surface area contributed by atoms with Crippen LogP contribution in [0.2, 0.25) is 5.02 Å². The predicted molar refractivity (Wildman–Crippen MR) is 125 cm³/mol. The van der Waals surface area contributed by atoms with E-state index in [1.807, 2.05) is 13.8 Å². The van der Waals surface area contributed by atoms with Crippen molar-refractivity contribution in [3.63, 3.8) is 0 Å². The third-order valence-electron chi connectivity index (χ3n) is 4.32. The summed E-state index contributed by atoms with van der Waals surface area (Å²) in [6.45, 7) is 3.89. The molecule has 0 atom stereocenters. The molecule has 5 nitrogen and oxygen atoms in total. The van der Waals surface area contributed by atoms with Gasteiger partial charge in [-0.3, -0.25) is 4.79 Å². The molecule has 0 saturated heterocycles. The molecule has 0 heterocycles. The van der Waals surface area contributed by atoms with Gasteiger partial charge in [0, 0.05) is 41.2 Å². The zero-order chi connectivity index (χ0) is 22.5. The number of hydrogen-bond acceptors (Lipinski definition) is 5. The smallest absolute Gasteiger partial charge is 0.247 e. The highest BCUT2D eigenvalue weighted by Gasteiger charge is 2.21. The minimum atomic E-state index is -3.35. The Bertz CT molecular complexity index is 1020. The van der Waals surface area contributed by atoms with Crippen LogP contribution in [0.15, 0.2) is 59.0 Å². The second kappa shape index (κ2) is 10.0. The summed E-state index contributed by atoms with van der Waals surface area (Å²) < 4.78 is 23.2. The Morgan fingerprint density at radius 2 is 1.57 bits per heavy atom. The van der Waals surface area contributed by atoms with Crippen molar-refractivity contribution >= 4 is 45.5 Å². The van der Waals surface area contributed by atoms with Gasteiger partial charge in [0.25, 0.3) is 0 Å². The van der Waals surface area contributed by atoms with Crippen LogP contribution in [-0.4, -0.2) is 43.6 Å². The van der Waals surface area contributed by atoms with Gasteiger partial charge in [0.15, 0.2) is 9.84 Å². The van der Waals surface area contributed by atoms with E-state index in [2.05, 4.69) is 17.9 Å². The maximum atomic E-state index is 13.0. The highest BCUT2D eigenvalue weighted by molar-refractivity contribution is 7.90. The molecule has 0 aliphatic carbocycles. The van der Waals surface area contributed by atoms with Gasteiger partial charge in [0.05, 0.1) is 4.90 Å². The van der Waals surface area contributed by atoms with E-state index in [9.17, 15) is 18.3 Å². The zero-order valence-electron chi connectivity index (χ0n) is 17.1. The van der Waals surface area contributed by atoms with Crippen molar-refractivity contribution in [1.29, 1.82) is 0 Å². The largest absolute Gasteiger partial charge is 0.396 e. The fourth-order valence-corrected chi connectivity index (χ4v) is 3.70. The molecule has 30 heavy (non-hydrogen) atoms. The average molecular weight is 468 g/mol. The standard InChI is InChI=1S/C22H26ClNO4S2/c1-22(2,29)14-24-21(26)19(12-13-25)20(15-4-8-17(23)9-5-15)16-6-10-18(11-7-16)30(3,27)28/h4-11,25,29H,12-14H2,1-3H3,(H,24,26)/b20-19-. The Hall–Kier alpha value is -1.80. The van der Waals surface area contributed by atoms with E-state index in [1.165, 1.54) is 12.1 Å². The van der Waals surface area contributed by atoms with Crippen molar-refractivity contribution in [3.8, 4) is 0 Å². The maximum Gasteiger partial charge on any atom is 0.247 e. The number of nitrogens with one attached hydrogen (secondary N) is 1. The quantitative estimate of drug-likeness (QED) is 0.408. The number of aliphatic hydroxyl groups is 1. The first-order valence-electron chi connectivity index (χ1n) is 9.33. The second-order valence-electron chi connectivity index (χ2n) is 7.63. The molecule has 0 fully saturated rings. The molecule has 0 aliphatic heterocycles. The van der Waals surface area contributed by atoms with Gasteiger partial charge >= 0.3 is 0 Å². The lowest BCUT2D eigenvalue weighted by Gasteiger charge is -2.21. The Morgan fingerprint density at radius 1 is 1.07 bits per heavy atom. The Kier molecular flexibility index (Phi) is 8.16. The number of aliphatic hydroxyl groups excluding tert-OH is 1. The number of amides is 1. The number of hydrogen-bond donors (Lipinski definition) is 3. The zero-order valence-corrected chi connectivity index (χ0v) is 19.6. The van der Waals surface area contributed by atoms with Crippen molar-refractivity contribution in [2.45, 2.75) is 29.9 Å². The second-order valence-corrected chi connectivity index (χ2v) is 11.3.